The molecule has 0 aromatic carbocycles. The number of likely N-dealkylation sites (N-methyl/N-ethyl adjacent to an activating group) is 1. The van der Waals surface area contributed by atoms with E-state index in [0.29, 0.717) is 5.92 Å². The maximum Gasteiger partial charge on any atom is 0.263 e. The van der Waals surface area contributed by atoms with E-state index in [2.05, 4.69) is 17.3 Å². The van der Waals surface area contributed by atoms with Gasteiger partial charge in [0.1, 0.15) is 10.6 Å². The summed E-state index contributed by atoms with van der Waals surface area (Å²) in [6, 6.07) is 2.00. The Morgan fingerprint density at radius 2 is 2.28 bits per heavy atom. The van der Waals surface area contributed by atoms with Crippen LogP contribution in [0.5, 0.6) is 0 Å². The van der Waals surface area contributed by atoms with Crippen molar-refractivity contribution >= 4 is 17.2 Å². The number of carbonyl (C=O) groups excluding carboxylic acids is 1. The summed E-state index contributed by atoms with van der Waals surface area (Å²) in [6.07, 6.45) is 7.15. The van der Waals surface area contributed by atoms with Crippen molar-refractivity contribution in [1.82, 2.24) is 15.2 Å². The van der Waals surface area contributed by atoms with E-state index in [9.17, 15) is 4.79 Å². The Balaban J connectivity index is 1.50. The van der Waals surface area contributed by atoms with Crippen LogP contribution >= 0.6 is 11.3 Å². The van der Waals surface area contributed by atoms with Crippen molar-refractivity contribution in [3.8, 4) is 0 Å². The quantitative estimate of drug-likeness (QED) is 0.909. The van der Waals surface area contributed by atoms with Crippen LogP contribution in [-0.4, -0.2) is 35.9 Å². The highest BCUT2D eigenvalue weighted by Crippen LogP contribution is 2.33. The molecule has 1 fully saturated rings. The Labute approximate surface area is 152 Å². The van der Waals surface area contributed by atoms with E-state index in [1.54, 1.807) is 17.6 Å². The van der Waals surface area contributed by atoms with Crippen LogP contribution in [0, 0.1) is 6.92 Å². The highest BCUT2D eigenvalue weighted by Gasteiger charge is 2.28. The monoisotopic (exact) mass is 359 g/mol. The van der Waals surface area contributed by atoms with Crippen molar-refractivity contribution < 1.29 is 9.21 Å². The third-order valence-corrected chi connectivity index (χ3v) is 6.65. The molecule has 1 aliphatic heterocycles. The number of furan rings is 1. The number of aromatic nitrogens is 1. The fourth-order valence-corrected chi connectivity index (χ4v) is 5.12. The molecule has 6 heteroatoms. The zero-order valence-corrected chi connectivity index (χ0v) is 15.7. The normalized spacial score (nSPS) is 24.1. The summed E-state index contributed by atoms with van der Waals surface area (Å²) in [6.45, 7) is 4.13. The van der Waals surface area contributed by atoms with E-state index in [4.69, 9.17) is 9.40 Å². The maximum atomic E-state index is 12.8. The Morgan fingerprint density at radius 3 is 3.12 bits per heavy atom. The van der Waals surface area contributed by atoms with E-state index >= 15 is 0 Å². The molecule has 1 N–H and O–H groups in total. The van der Waals surface area contributed by atoms with Gasteiger partial charge in [0.25, 0.3) is 5.91 Å². The Morgan fingerprint density at radius 1 is 1.40 bits per heavy atom. The van der Waals surface area contributed by atoms with Gasteiger partial charge in [-0.05, 0) is 64.3 Å². The summed E-state index contributed by atoms with van der Waals surface area (Å²) in [4.78, 5) is 20.7. The number of nitrogens with zero attached hydrogens (tertiary/aromatic N) is 2. The number of likely N-dealkylation sites (tertiary alicyclic amines) is 1. The molecular weight excluding hydrogens is 334 g/mol. The minimum atomic E-state index is -0.0167. The lowest BCUT2D eigenvalue weighted by molar-refractivity contribution is 0.0930. The number of carbonyl (C=O) groups is 1. The average Bonchev–Trinajstić information content (AvgIpc) is 3.22. The highest BCUT2D eigenvalue weighted by molar-refractivity contribution is 7.13. The molecule has 25 heavy (non-hydrogen) atoms. The number of piperidine rings is 1. The molecular formula is C19H25N3O2S. The molecule has 0 bridgehead atoms. The van der Waals surface area contributed by atoms with Crippen LogP contribution in [0.2, 0.25) is 0 Å². The third-order valence-electron chi connectivity index (χ3n) is 5.33. The second kappa shape index (κ2) is 6.92. The van der Waals surface area contributed by atoms with Crippen LogP contribution in [0.1, 0.15) is 69.3 Å². The zero-order chi connectivity index (χ0) is 17.4. The Bertz CT molecular complexity index is 767. The van der Waals surface area contributed by atoms with Gasteiger partial charge in [0.15, 0.2) is 0 Å². The molecule has 5 nitrogen and oxygen atoms in total. The van der Waals surface area contributed by atoms with Crippen molar-refractivity contribution in [1.29, 1.82) is 0 Å². The molecule has 1 aliphatic carbocycles. The number of nitrogens with one attached hydrogen (secondary N) is 1. The van der Waals surface area contributed by atoms with Crippen LogP contribution in [0.25, 0.3) is 0 Å². The maximum absolute atomic E-state index is 12.8. The van der Waals surface area contributed by atoms with Gasteiger partial charge in [0.2, 0.25) is 0 Å². The van der Waals surface area contributed by atoms with Crippen molar-refractivity contribution in [2.45, 2.75) is 51.0 Å². The summed E-state index contributed by atoms with van der Waals surface area (Å²) in [5, 5.41) is 4.28. The van der Waals surface area contributed by atoms with Crippen molar-refractivity contribution in [2.24, 2.45) is 0 Å². The first-order valence-corrected chi connectivity index (χ1v) is 9.96. The predicted molar refractivity (Wildman–Crippen MR) is 98.2 cm³/mol. The average molecular weight is 359 g/mol. The lowest BCUT2D eigenvalue weighted by atomic mass is 9.94. The SMILES string of the molecule is Cc1nc(C2CCCN(C)C2)sc1C(=O)NC1CCCc2ccoc21. The molecule has 0 spiro atoms. The van der Waals surface area contributed by atoms with Crippen molar-refractivity contribution in [2.75, 3.05) is 20.1 Å². The van der Waals surface area contributed by atoms with Gasteiger partial charge in [-0.1, -0.05) is 0 Å². The first kappa shape index (κ1) is 16.8. The Kier molecular flexibility index (Phi) is 4.65. The largest absolute Gasteiger partial charge is 0.467 e. The Hall–Kier alpha value is -1.66. The fraction of sp³-hybridized carbons (Fsp3) is 0.579. The van der Waals surface area contributed by atoms with E-state index in [0.717, 1.165) is 60.1 Å². The molecule has 0 saturated carbocycles. The number of fused-ring (bicyclic) bond motifs is 1. The lowest BCUT2D eigenvalue weighted by Crippen LogP contribution is -2.30. The zero-order valence-electron chi connectivity index (χ0n) is 14.9. The van der Waals surface area contributed by atoms with E-state index in [-0.39, 0.29) is 11.9 Å². The van der Waals surface area contributed by atoms with Gasteiger partial charge in [0, 0.05) is 12.5 Å². The van der Waals surface area contributed by atoms with Crippen LogP contribution in [-0.2, 0) is 6.42 Å². The predicted octanol–water partition coefficient (Wildman–Crippen LogP) is 3.66. The van der Waals surface area contributed by atoms with Crippen LogP contribution in [0.4, 0.5) is 0 Å². The van der Waals surface area contributed by atoms with Gasteiger partial charge in [-0.3, -0.25) is 4.79 Å². The fourth-order valence-electron chi connectivity index (χ4n) is 4.02. The molecule has 0 radical (unpaired) electrons. The van der Waals surface area contributed by atoms with Crippen LogP contribution in [0.3, 0.4) is 0 Å². The van der Waals surface area contributed by atoms with Crippen LogP contribution < -0.4 is 5.32 Å². The molecule has 1 amide bonds. The van der Waals surface area contributed by atoms with E-state index < -0.39 is 0 Å². The molecule has 4 rings (SSSR count). The number of aryl methyl sites for hydroxylation is 2. The van der Waals surface area contributed by atoms with E-state index in [1.807, 2.05) is 13.0 Å². The first-order chi connectivity index (χ1) is 12.1. The second-order valence-electron chi connectivity index (χ2n) is 7.30. The number of rotatable bonds is 3. The van der Waals surface area contributed by atoms with Gasteiger partial charge in [-0.25, -0.2) is 4.98 Å². The molecule has 2 atom stereocenters. The molecule has 3 heterocycles. The van der Waals surface area contributed by atoms with Gasteiger partial charge in [-0.2, -0.15) is 0 Å². The van der Waals surface area contributed by atoms with Gasteiger partial charge < -0.3 is 14.6 Å². The molecule has 2 unspecified atom stereocenters. The standard InChI is InChI=1S/C19H25N3O2S/c1-12-17(25-19(20-12)14-6-4-9-22(2)11-14)18(23)21-15-7-3-5-13-8-10-24-16(13)15/h8,10,14-15H,3-7,9,11H2,1-2H3,(H,21,23). The van der Waals surface area contributed by atoms with Crippen LogP contribution in [0.15, 0.2) is 16.7 Å². The van der Waals surface area contributed by atoms with Crippen molar-refractivity contribution in [3.05, 3.63) is 39.2 Å². The van der Waals surface area contributed by atoms with Gasteiger partial charge in [-0.15, -0.1) is 11.3 Å². The molecule has 2 aromatic heterocycles. The molecule has 1 saturated heterocycles. The second-order valence-corrected chi connectivity index (χ2v) is 8.33. The van der Waals surface area contributed by atoms with Gasteiger partial charge >= 0.3 is 0 Å². The number of thiazole rings is 1. The number of amides is 1. The summed E-state index contributed by atoms with van der Waals surface area (Å²) in [7, 11) is 2.16. The first-order valence-electron chi connectivity index (χ1n) is 9.15. The van der Waals surface area contributed by atoms with Crippen molar-refractivity contribution in [3.63, 3.8) is 0 Å². The summed E-state index contributed by atoms with van der Waals surface area (Å²) in [5.41, 5.74) is 2.07. The minimum absolute atomic E-state index is 0.0142. The number of hydrogen-bond donors (Lipinski definition) is 1. The van der Waals surface area contributed by atoms with E-state index in [1.165, 1.54) is 12.0 Å². The van der Waals surface area contributed by atoms with Gasteiger partial charge in [0.05, 0.1) is 23.0 Å². The molecule has 2 aromatic rings. The number of hydrogen-bond acceptors (Lipinski definition) is 5. The summed E-state index contributed by atoms with van der Waals surface area (Å²) < 4.78 is 5.62. The smallest absolute Gasteiger partial charge is 0.263 e. The lowest BCUT2D eigenvalue weighted by Gasteiger charge is -2.28. The summed E-state index contributed by atoms with van der Waals surface area (Å²) in [5.74, 6) is 1.37. The molecule has 2 aliphatic rings. The highest BCUT2D eigenvalue weighted by atomic mass is 32.1. The minimum Gasteiger partial charge on any atom is -0.467 e. The third kappa shape index (κ3) is 3.37. The summed E-state index contributed by atoms with van der Waals surface area (Å²) >= 11 is 1.57. The topological polar surface area (TPSA) is 58.4 Å². The molecule has 134 valence electrons.